The minimum Gasteiger partial charge on any atom is -0.331 e. The molecule has 1 saturated heterocycles. The molecule has 0 aromatic heterocycles. The summed E-state index contributed by atoms with van der Waals surface area (Å²) in [4.78, 5) is 28.4. The molecule has 190 valence electrons. The quantitative estimate of drug-likeness (QED) is 0.554. The number of piperidine rings is 1. The van der Waals surface area contributed by atoms with E-state index in [9.17, 15) is 22.8 Å². The third kappa shape index (κ3) is 6.48. The lowest BCUT2D eigenvalue weighted by Crippen LogP contribution is -2.49. The zero-order chi connectivity index (χ0) is 24.5. The fraction of sp³-hybridized carbons (Fsp3) is 0.440. The van der Waals surface area contributed by atoms with Gasteiger partial charge in [0.2, 0.25) is 11.8 Å². The van der Waals surface area contributed by atoms with Crippen LogP contribution in [0.1, 0.15) is 48.4 Å². The van der Waals surface area contributed by atoms with E-state index in [1.54, 1.807) is 23.1 Å². The van der Waals surface area contributed by atoms with Gasteiger partial charge in [-0.2, -0.15) is 13.2 Å². The summed E-state index contributed by atoms with van der Waals surface area (Å²) in [5.74, 6) is -0.324. The summed E-state index contributed by atoms with van der Waals surface area (Å²) in [6, 6.07) is 8.79. The van der Waals surface area contributed by atoms with Crippen molar-refractivity contribution in [1.29, 1.82) is 0 Å². The molecule has 0 bridgehead atoms. The number of rotatable bonds is 4. The number of hydrogen-bond donors (Lipinski definition) is 1. The highest BCUT2D eigenvalue weighted by molar-refractivity contribution is 6.31. The van der Waals surface area contributed by atoms with Gasteiger partial charge in [0.25, 0.3) is 0 Å². The average Bonchev–Trinajstić information content (AvgIpc) is 2.79. The van der Waals surface area contributed by atoms with Crippen molar-refractivity contribution in [2.75, 3.05) is 18.4 Å². The molecule has 4 rings (SSSR count). The van der Waals surface area contributed by atoms with Gasteiger partial charge >= 0.3 is 6.18 Å². The molecule has 1 fully saturated rings. The smallest absolute Gasteiger partial charge is 0.331 e. The average molecular weight is 530 g/mol. The molecule has 2 aliphatic rings. The summed E-state index contributed by atoms with van der Waals surface area (Å²) in [6.07, 6.45) is -1.36. The molecule has 10 heteroatoms. The third-order valence-corrected chi connectivity index (χ3v) is 6.90. The van der Waals surface area contributed by atoms with Crippen molar-refractivity contribution in [2.24, 2.45) is 0 Å². The number of hydrogen-bond acceptors (Lipinski definition) is 3. The van der Waals surface area contributed by atoms with E-state index in [1.165, 1.54) is 13.0 Å². The Morgan fingerprint density at radius 3 is 2.54 bits per heavy atom. The summed E-state index contributed by atoms with van der Waals surface area (Å²) < 4.78 is 38.9. The molecule has 0 spiro atoms. The first kappa shape index (κ1) is 27.3. The standard InChI is InChI=1S/C25H27ClF3N3O2.ClH/c1-16(33)32-10-3-2-4-23(32)24(34)30-21-8-6-19(22(26)13-21)15-31-11-9-17-12-20(25(27,28)29)7-5-18(17)14-31;/h5-8,12-13,23H,2-4,9-11,14-15H2,1H3,(H,30,34);1H/t23-;/m1./s1. The largest absolute Gasteiger partial charge is 0.416 e. The molecule has 2 amide bonds. The van der Waals surface area contributed by atoms with Crippen LogP contribution in [0, 0.1) is 0 Å². The van der Waals surface area contributed by atoms with Gasteiger partial charge in [-0.25, -0.2) is 0 Å². The van der Waals surface area contributed by atoms with Crippen molar-refractivity contribution in [3.63, 3.8) is 0 Å². The molecule has 2 aromatic carbocycles. The van der Waals surface area contributed by atoms with Gasteiger partial charge < -0.3 is 10.2 Å². The maximum Gasteiger partial charge on any atom is 0.416 e. The van der Waals surface area contributed by atoms with E-state index < -0.39 is 17.8 Å². The Hall–Kier alpha value is -2.29. The Morgan fingerprint density at radius 1 is 1.09 bits per heavy atom. The van der Waals surface area contributed by atoms with E-state index >= 15 is 0 Å². The van der Waals surface area contributed by atoms with Crippen LogP contribution in [0.3, 0.4) is 0 Å². The molecule has 0 aliphatic carbocycles. The van der Waals surface area contributed by atoms with E-state index in [0.717, 1.165) is 35.6 Å². The Labute approximate surface area is 214 Å². The van der Waals surface area contributed by atoms with E-state index in [2.05, 4.69) is 10.2 Å². The van der Waals surface area contributed by atoms with Crippen molar-refractivity contribution in [2.45, 2.75) is 57.9 Å². The van der Waals surface area contributed by atoms with Gasteiger partial charge in [0.1, 0.15) is 6.04 Å². The van der Waals surface area contributed by atoms with Crippen LogP contribution in [0.5, 0.6) is 0 Å². The molecule has 5 nitrogen and oxygen atoms in total. The molecule has 35 heavy (non-hydrogen) atoms. The van der Waals surface area contributed by atoms with E-state index in [1.807, 2.05) is 6.07 Å². The number of nitrogens with one attached hydrogen (secondary N) is 1. The fourth-order valence-electron chi connectivity index (χ4n) is 4.72. The molecule has 2 heterocycles. The minimum atomic E-state index is -4.34. The maximum atomic E-state index is 13.0. The van der Waals surface area contributed by atoms with Gasteiger partial charge in [0.15, 0.2) is 0 Å². The van der Waals surface area contributed by atoms with Crippen LogP contribution in [0.25, 0.3) is 0 Å². The van der Waals surface area contributed by atoms with Crippen molar-refractivity contribution < 1.29 is 22.8 Å². The van der Waals surface area contributed by atoms with Gasteiger partial charge in [0.05, 0.1) is 5.56 Å². The van der Waals surface area contributed by atoms with Crippen LogP contribution in [0.4, 0.5) is 18.9 Å². The van der Waals surface area contributed by atoms with Gasteiger partial charge in [0, 0.05) is 43.8 Å². The van der Waals surface area contributed by atoms with E-state index in [0.29, 0.717) is 49.7 Å². The highest BCUT2D eigenvalue weighted by Gasteiger charge is 2.32. The Morgan fingerprint density at radius 2 is 1.86 bits per heavy atom. The predicted molar refractivity (Wildman–Crippen MR) is 132 cm³/mol. The number of amides is 2. The van der Waals surface area contributed by atoms with Crippen molar-refractivity contribution in [1.82, 2.24) is 9.80 Å². The zero-order valence-corrected chi connectivity index (χ0v) is 20.9. The SMILES string of the molecule is CC(=O)N1CCCC[C@@H]1C(=O)Nc1ccc(CN2CCc3cc(C(F)(F)F)ccc3C2)c(Cl)c1.Cl. The minimum absolute atomic E-state index is 0. The number of benzene rings is 2. The lowest BCUT2D eigenvalue weighted by molar-refractivity contribution is -0.138. The first-order chi connectivity index (χ1) is 16.1. The number of halogens is 5. The van der Waals surface area contributed by atoms with Crippen molar-refractivity contribution in [3.8, 4) is 0 Å². The number of nitrogens with zero attached hydrogens (tertiary/aromatic N) is 2. The number of carbonyl (C=O) groups excluding carboxylic acids is 2. The second-order valence-electron chi connectivity index (χ2n) is 8.96. The third-order valence-electron chi connectivity index (χ3n) is 6.55. The first-order valence-electron chi connectivity index (χ1n) is 11.4. The summed E-state index contributed by atoms with van der Waals surface area (Å²) >= 11 is 6.50. The molecular formula is C25H28Cl2F3N3O2. The number of anilines is 1. The molecular weight excluding hydrogens is 502 g/mol. The molecule has 2 aromatic rings. The summed E-state index contributed by atoms with van der Waals surface area (Å²) in [7, 11) is 0. The van der Waals surface area contributed by atoms with Gasteiger partial charge in [-0.05, 0) is 66.6 Å². The van der Waals surface area contributed by atoms with E-state index in [-0.39, 0.29) is 24.2 Å². The van der Waals surface area contributed by atoms with Crippen LogP contribution in [-0.2, 0) is 35.3 Å². The highest BCUT2D eigenvalue weighted by atomic mass is 35.5. The Bertz CT molecular complexity index is 1090. The number of likely N-dealkylation sites (tertiary alicyclic amines) is 1. The molecule has 0 unspecified atom stereocenters. The first-order valence-corrected chi connectivity index (χ1v) is 11.8. The molecule has 1 N–H and O–H groups in total. The molecule has 2 aliphatic heterocycles. The summed E-state index contributed by atoms with van der Waals surface area (Å²) in [6.45, 7) is 3.79. The maximum absolute atomic E-state index is 13.0. The summed E-state index contributed by atoms with van der Waals surface area (Å²) in [5.41, 5.74) is 2.45. The second kappa shape index (κ2) is 11.2. The Balaban J connectivity index is 0.00000342. The number of fused-ring (bicyclic) bond motifs is 1. The zero-order valence-electron chi connectivity index (χ0n) is 19.3. The lowest BCUT2D eigenvalue weighted by atomic mass is 9.96. The second-order valence-corrected chi connectivity index (χ2v) is 9.37. The normalized spacial score (nSPS) is 18.4. The predicted octanol–water partition coefficient (Wildman–Crippen LogP) is 5.68. The van der Waals surface area contributed by atoms with Crippen LogP contribution in [0.2, 0.25) is 5.02 Å². The van der Waals surface area contributed by atoms with E-state index in [4.69, 9.17) is 11.6 Å². The van der Waals surface area contributed by atoms with Gasteiger partial charge in [-0.3, -0.25) is 14.5 Å². The Kier molecular flexibility index (Phi) is 8.72. The number of carbonyl (C=O) groups is 2. The number of alkyl halides is 3. The molecule has 0 saturated carbocycles. The molecule has 0 radical (unpaired) electrons. The van der Waals surface area contributed by atoms with Crippen LogP contribution < -0.4 is 5.32 Å². The monoisotopic (exact) mass is 529 g/mol. The topological polar surface area (TPSA) is 52.7 Å². The van der Waals surface area contributed by atoms with Gasteiger partial charge in [-0.15, -0.1) is 12.4 Å². The van der Waals surface area contributed by atoms with Crippen LogP contribution in [-0.4, -0.2) is 40.7 Å². The van der Waals surface area contributed by atoms with Crippen molar-refractivity contribution in [3.05, 3.63) is 63.7 Å². The fourth-order valence-corrected chi connectivity index (χ4v) is 4.96. The van der Waals surface area contributed by atoms with Crippen LogP contribution >= 0.6 is 24.0 Å². The lowest BCUT2D eigenvalue weighted by Gasteiger charge is -2.34. The van der Waals surface area contributed by atoms with Crippen LogP contribution in [0.15, 0.2) is 36.4 Å². The highest BCUT2D eigenvalue weighted by Crippen LogP contribution is 2.33. The van der Waals surface area contributed by atoms with Crippen molar-refractivity contribution >= 4 is 41.5 Å². The van der Waals surface area contributed by atoms with Gasteiger partial charge in [-0.1, -0.05) is 23.7 Å². The summed E-state index contributed by atoms with van der Waals surface area (Å²) in [5, 5.41) is 3.38. The molecule has 1 atom stereocenters.